The average Bonchev–Trinajstić information content (AvgIpc) is 2.71. The van der Waals surface area contributed by atoms with Gasteiger partial charge in [-0.2, -0.15) is 0 Å². The lowest BCUT2D eigenvalue weighted by Crippen LogP contribution is -2.11. The van der Waals surface area contributed by atoms with E-state index in [1.54, 1.807) is 0 Å². The number of carbonyl (C=O) groups excluding carboxylic acids is 1. The predicted octanol–water partition coefficient (Wildman–Crippen LogP) is 5.40. The van der Waals surface area contributed by atoms with Crippen LogP contribution in [-0.2, 0) is 22.4 Å². The highest BCUT2D eigenvalue weighted by Crippen LogP contribution is 2.17. The first-order chi connectivity index (χ1) is 13.1. The Kier molecular flexibility index (Phi) is 8.96. The highest BCUT2D eigenvalue weighted by Gasteiger charge is 2.07. The van der Waals surface area contributed by atoms with Gasteiger partial charge in [-0.15, -0.1) is 0 Å². The van der Waals surface area contributed by atoms with Crippen molar-refractivity contribution in [2.75, 3.05) is 6.61 Å². The second kappa shape index (κ2) is 11.5. The van der Waals surface area contributed by atoms with Gasteiger partial charge < -0.3 is 4.74 Å². The summed E-state index contributed by atoms with van der Waals surface area (Å²) in [6.07, 6.45) is 10.7. The van der Waals surface area contributed by atoms with Crippen molar-refractivity contribution in [3.63, 3.8) is 0 Å². The third-order valence-corrected chi connectivity index (χ3v) is 4.83. The summed E-state index contributed by atoms with van der Waals surface area (Å²) in [5, 5.41) is 0. The zero-order valence-electron chi connectivity index (χ0n) is 16.9. The van der Waals surface area contributed by atoms with Crippen molar-refractivity contribution >= 4 is 5.97 Å². The molecule has 0 aliphatic heterocycles. The number of esters is 1. The van der Waals surface area contributed by atoms with Crippen LogP contribution >= 0.6 is 0 Å². The van der Waals surface area contributed by atoms with Crippen molar-refractivity contribution in [1.82, 2.24) is 9.97 Å². The molecule has 1 atom stereocenters. The molecule has 2 rings (SSSR count). The molecule has 0 bridgehead atoms. The zero-order chi connectivity index (χ0) is 19.5. The summed E-state index contributed by atoms with van der Waals surface area (Å²) >= 11 is 0. The number of aromatic nitrogens is 2. The molecule has 1 heterocycles. The lowest BCUT2D eigenvalue weighted by molar-refractivity contribution is -0.144. The van der Waals surface area contributed by atoms with E-state index in [4.69, 9.17) is 4.74 Å². The Morgan fingerprint density at radius 3 is 2.33 bits per heavy atom. The monoisotopic (exact) mass is 368 g/mol. The molecule has 1 aromatic carbocycles. The molecule has 0 spiro atoms. The second-order valence-corrected chi connectivity index (χ2v) is 7.27. The fourth-order valence-corrected chi connectivity index (χ4v) is 2.70. The lowest BCUT2D eigenvalue weighted by atomic mass is 10.1. The topological polar surface area (TPSA) is 52.1 Å². The number of rotatable bonds is 11. The molecule has 4 heteroatoms. The van der Waals surface area contributed by atoms with E-state index < -0.39 is 0 Å². The number of ether oxygens (including phenoxy) is 1. The molecule has 146 valence electrons. The van der Waals surface area contributed by atoms with Gasteiger partial charge in [0.25, 0.3) is 0 Å². The number of hydrogen-bond donors (Lipinski definition) is 0. The smallest absolute Gasteiger partial charge is 0.306 e. The first-order valence-corrected chi connectivity index (χ1v) is 10.2. The molecule has 0 saturated carbocycles. The second-order valence-electron chi connectivity index (χ2n) is 7.27. The van der Waals surface area contributed by atoms with E-state index in [0.29, 0.717) is 25.4 Å². The molecular formula is C23H32N2O2. The van der Waals surface area contributed by atoms with Gasteiger partial charge >= 0.3 is 5.97 Å². The Bertz CT molecular complexity index is 681. The molecular weight excluding hydrogens is 336 g/mol. The van der Waals surface area contributed by atoms with Gasteiger partial charge in [0.1, 0.15) is 0 Å². The first kappa shape index (κ1) is 21.1. The summed E-state index contributed by atoms with van der Waals surface area (Å²) in [6, 6.07) is 8.11. The third kappa shape index (κ3) is 7.49. The van der Waals surface area contributed by atoms with Gasteiger partial charge in [0.2, 0.25) is 0 Å². The SMILES string of the molecule is CCCCCc1cnc(-c2ccc(CCC(=O)OC[C@H](C)CC)cc2)nc1. The maximum Gasteiger partial charge on any atom is 0.306 e. The Morgan fingerprint density at radius 2 is 1.70 bits per heavy atom. The van der Waals surface area contributed by atoms with E-state index in [-0.39, 0.29) is 5.97 Å². The highest BCUT2D eigenvalue weighted by molar-refractivity contribution is 5.69. The van der Waals surface area contributed by atoms with Gasteiger partial charge in [0.15, 0.2) is 5.82 Å². The number of carbonyl (C=O) groups is 1. The predicted molar refractivity (Wildman–Crippen MR) is 109 cm³/mol. The number of nitrogens with zero attached hydrogens (tertiary/aromatic N) is 2. The molecule has 0 saturated heterocycles. The van der Waals surface area contributed by atoms with Crippen molar-refractivity contribution in [3.8, 4) is 11.4 Å². The van der Waals surface area contributed by atoms with Crippen LogP contribution in [0.25, 0.3) is 11.4 Å². The molecule has 0 aliphatic rings. The van der Waals surface area contributed by atoms with Crippen LogP contribution in [0.1, 0.15) is 64.0 Å². The molecule has 2 aromatic rings. The molecule has 1 aromatic heterocycles. The van der Waals surface area contributed by atoms with Gasteiger partial charge in [-0.1, -0.05) is 64.3 Å². The Balaban J connectivity index is 1.83. The van der Waals surface area contributed by atoms with Gasteiger partial charge in [-0.05, 0) is 36.3 Å². The van der Waals surface area contributed by atoms with E-state index >= 15 is 0 Å². The van der Waals surface area contributed by atoms with Crippen LogP contribution in [-0.4, -0.2) is 22.5 Å². The zero-order valence-corrected chi connectivity index (χ0v) is 16.9. The summed E-state index contributed by atoms with van der Waals surface area (Å²) in [6.45, 7) is 6.91. The number of aryl methyl sites for hydroxylation is 2. The molecule has 0 unspecified atom stereocenters. The van der Waals surface area contributed by atoms with Crippen LogP contribution in [0.2, 0.25) is 0 Å². The van der Waals surface area contributed by atoms with Gasteiger partial charge in [0.05, 0.1) is 6.61 Å². The van der Waals surface area contributed by atoms with E-state index in [9.17, 15) is 4.79 Å². The highest BCUT2D eigenvalue weighted by atomic mass is 16.5. The van der Waals surface area contributed by atoms with Crippen LogP contribution in [0.15, 0.2) is 36.7 Å². The Labute approximate surface area is 163 Å². The van der Waals surface area contributed by atoms with Crippen LogP contribution in [0.3, 0.4) is 0 Å². The summed E-state index contributed by atoms with van der Waals surface area (Å²) in [4.78, 5) is 20.8. The van der Waals surface area contributed by atoms with E-state index in [1.165, 1.54) is 24.8 Å². The summed E-state index contributed by atoms with van der Waals surface area (Å²) in [7, 11) is 0. The minimum atomic E-state index is -0.124. The van der Waals surface area contributed by atoms with Crippen molar-refractivity contribution < 1.29 is 9.53 Å². The maximum absolute atomic E-state index is 11.8. The van der Waals surface area contributed by atoms with Crippen molar-refractivity contribution in [3.05, 3.63) is 47.8 Å². The molecule has 27 heavy (non-hydrogen) atoms. The van der Waals surface area contributed by atoms with Crippen molar-refractivity contribution in [2.45, 2.75) is 65.7 Å². The van der Waals surface area contributed by atoms with Gasteiger partial charge in [-0.3, -0.25) is 4.79 Å². The van der Waals surface area contributed by atoms with Gasteiger partial charge in [-0.25, -0.2) is 9.97 Å². The number of hydrogen-bond acceptors (Lipinski definition) is 4. The maximum atomic E-state index is 11.8. The average molecular weight is 369 g/mol. The Morgan fingerprint density at radius 1 is 1.00 bits per heavy atom. The molecule has 4 nitrogen and oxygen atoms in total. The van der Waals surface area contributed by atoms with Crippen LogP contribution in [0.5, 0.6) is 0 Å². The van der Waals surface area contributed by atoms with Crippen molar-refractivity contribution in [1.29, 1.82) is 0 Å². The normalized spacial score (nSPS) is 12.0. The fourth-order valence-electron chi connectivity index (χ4n) is 2.70. The third-order valence-electron chi connectivity index (χ3n) is 4.83. The molecule has 0 aliphatic carbocycles. The van der Waals surface area contributed by atoms with Crippen LogP contribution < -0.4 is 0 Å². The lowest BCUT2D eigenvalue weighted by Gasteiger charge is -2.09. The van der Waals surface area contributed by atoms with Gasteiger partial charge in [0, 0.05) is 24.4 Å². The molecule has 0 radical (unpaired) electrons. The number of benzene rings is 1. The van der Waals surface area contributed by atoms with Crippen LogP contribution in [0, 0.1) is 5.92 Å². The van der Waals surface area contributed by atoms with E-state index in [1.807, 2.05) is 36.7 Å². The minimum absolute atomic E-state index is 0.124. The summed E-state index contributed by atoms with van der Waals surface area (Å²) < 4.78 is 5.30. The first-order valence-electron chi connectivity index (χ1n) is 10.2. The van der Waals surface area contributed by atoms with Crippen LogP contribution in [0.4, 0.5) is 0 Å². The van der Waals surface area contributed by atoms with E-state index in [2.05, 4.69) is 30.7 Å². The number of unbranched alkanes of at least 4 members (excludes halogenated alkanes) is 2. The summed E-state index contributed by atoms with van der Waals surface area (Å²) in [5.41, 5.74) is 3.31. The quantitative estimate of drug-likeness (QED) is 0.394. The largest absolute Gasteiger partial charge is 0.465 e. The summed E-state index contributed by atoms with van der Waals surface area (Å²) in [5.74, 6) is 1.04. The molecule has 0 fully saturated rings. The molecule has 0 N–H and O–H groups in total. The van der Waals surface area contributed by atoms with Crippen molar-refractivity contribution in [2.24, 2.45) is 5.92 Å². The molecule has 0 amide bonds. The minimum Gasteiger partial charge on any atom is -0.465 e. The fraction of sp³-hybridized carbons (Fsp3) is 0.522. The Hall–Kier alpha value is -2.23. The van der Waals surface area contributed by atoms with E-state index in [0.717, 1.165) is 29.8 Å². The standard InChI is InChI=1S/C23H32N2O2/c1-4-6-7-8-20-15-24-23(25-16-20)21-12-9-19(10-13-21)11-14-22(26)27-17-18(3)5-2/h9-10,12-13,15-16,18H,4-8,11,14,17H2,1-3H3/t18-/m1/s1.